The van der Waals surface area contributed by atoms with Gasteiger partial charge in [-0.25, -0.2) is 4.98 Å². The molecule has 0 saturated carbocycles. The van der Waals surface area contributed by atoms with Crippen LogP contribution in [0.5, 0.6) is 0 Å². The van der Waals surface area contributed by atoms with Crippen molar-refractivity contribution in [1.82, 2.24) is 0 Å². The van der Waals surface area contributed by atoms with E-state index in [9.17, 15) is 0 Å². The lowest BCUT2D eigenvalue weighted by atomic mass is 10.3. The van der Waals surface area contributed by atoms with Gasteiger partial charge in [0.05, 0.1) is 5.56 Å². The highest BCUT2D eigenvalue weighted by molar-refractivity contribution is 5.75. The Bertz CT molecular complexity index is 547. The first-order valence-electron chi connectivity index (χ1n) is 4.64. The molecule has 78 valence electrons. The van der Waals surface area contributed by atoms with Crippen molar-refractivity contribution < 1.29 is 14.6 Å². The molecule has 2 N–H and O–H groups in total. The Morgan fingerprint density at radius 2 is 2.25 bits per heavy atom. The third-order valence-corrected chi connectivity index (χ3v) is 1.85. The van der Waals surface area contributed by atoms with Crippen LogP contribution in [0.1, 0.15) is 17.1 Å². The lowest BCUT2D eigenvalue weighted by molar-refractivity contribution is -0.378. The molecule has 4 nitrogen and oxygen atoms in total. The van der Waals surface area contributed by atoms with Gasteiger partial charge in [0.15, 0.2) is 18.2 Å². The van der Waals surface area contributed by atoms with Crippen molar-refractivity contribution in [2.24, 2.45) is 5.16 Å². The molecule has 4 heteroatoms. The van der Waals surface area contributed by atoms with Crippen molar-refractivity contribution in [1.29, 1.82) is 0 Å². The molecule has 0 unspecified atom stereocenters. The van der Waals surface area contributed by atoms with Crippen LogP contribution >= 0.6 is 0 Å². The van der Waals surface area contributed by atoms with Gasteiger partial charge < -0.3 is 9.62 Å². The molecule has 0 radical (unpaired) electrons. The van der Waals surface area contributed by atoms with Crippen molar-refractivity contribution in [3.8, 4) is 11.8 Å². The number of hydrogen-bond acceptors (Lipinski definition) is 3. The summed E-state index contributed by atoms with van der Waals surface area (Å²) in [6, 6.07) is 7.16. The average molecular weight is 213 g/mol. The van der Waals surface area contributed by atoms with E-state index >= 15 is 0 Å². The van der Waals surface area contributed by atoms with E-state index in [1.54, 1.807) is 18.3 Å². The Morgan fingerprint density at radius 3 is 3.00 bits per heavy atom. The van der Waals surface area contributed by atoms with E-state index in [1.807, 2.05) is 18.3 Å². The smallest absolute Gasteiger partial charge is 0.182 e. The standard InChI is InChI=1S/C12H8N2O2/c15-14-9-12-6-5-11(16-12)4-3-10-2-1-7-13-8-10/h1-2,5-9,15H/p+1/b14-9-. The van der Waals surface area contributed by atoms with Crippen molar-refractivity contribution in [2.45, 2.75) is 0 Å². The van der Waals surface area contributed by atoms with Gasteiger partial charge in [0.25, 0.3) is 0 Å². The van der Waals surface area contributed by atoms with E-state index in [-0.39, 0.29) is 0 Å². The van der Waals surface area contributed by atoms with Crippen LogP contribution in [0.3, 0.4) is 0 Å². The molecule has 0 saturated heterocycles. The molecule has 0 aliphatic carbocycles. The Morgan fingerprint density at radius 1 is 1.31 bits per heavy atom. The lowest BCUT2D eigenvalue weighted by Crippen LogP contribution is -1.98. The summed E-state index contributed by atoms with van der Waals surface area (Å²) < 4.78 is 5.25. The molecule has 0 aliphatic heterocycles. The summed E-state index contributed by atoms with van der Waals surface area (Å²) >= 11 is 0. The summed E-state index contributed by atoms with van der Waals surface area (Å²) in [7, 11) is 0. The Balaban J connectivity index is 2.18. The highest BCUT2D eigenvalue weighted by atomic mass is 16.4. The number of nitrogens with zero attached hydrogens (tertiary/aromatic N) is 1. The van der Waals surface area contributed by atoms with Crippen LogP contribution in [0.2, 0.25) is 0 Å². The number of aromatic nitrogens is 1. The maximum atomic E-state index is 8.31. The second kappa shape index (κ2) is 4.80. The molecule has 0 bridgehead atoms. The molecule has 0 fully saturated rings. The summed E-state index contributed by atoms with van der Waals surface area (Å²) in [5.41, 5.74) is 0.872. The van der Waals surface area contributed by atoms with E-state index in [1.165, 1.54) is 6.21 Å². The first-order valence-corrected chi connectivity index (χ1v) is 4.64. The van der Waals surface area contributed by atoms with E-state index in [0.717, 1.165) is 5.56 Å². The lowest BCUT2D eigenvalue weighted by Gasteiger charge is -1.82. The Labute approximate surface area is 92.2 Å². The Hall–Kier alpha value is -2.54. The zero-order valence-electron chi connectivity index (χ0n) is 8.34. The molecule has 0 aromatic carbocycles. The number of pyridine rings is 1. The van der Waals surface area contributed by atoms with Gasteiger partial charge in [-0.3, -0.25) is 0 Å². The third kappa shape index (κ3) is 2.49. The fraction of sp³-hybridized carbons (Fsp3) is 0. The van der Waals surface area contributed by atoms with Gasteiger partial charge in [0.1, 0.15) is 12.0 Å². The number of nitrogens with one attached hydrogen (secondary N) is 1. The van der Waals surface area contributed by atoms with Crippen molar-refractivity contribution in [3.63, 3.8) is 0 Å². The molecule has 2 rings (SSSR count). The summed E-state index contributed by atoms with van der Waals surface area (Å²) in [6.45, 7) is 0. The Kier molecular flexibility index (Phi) is 3.00. The minimum absolute atomic E-state index is 0.464. The first kappa shape index (κ1) is 9.99. The molecule has 0 amide bonds. The number of hydrogen-bond donors (Lipinski definition) is 1. The van der Waals surface area contributed by atoms with E-state index in [4.69, 9.17) is 9.62 Å². The molecule has 2 aromatic heterocycles. The number of H-pyrrole nitrogens is 1. The van der Waals surface area contributed by atoms with Crippen LogP contribution in [-0.2, 0) is 0 Å². The number of oxime groups is 1. The zero-order valence-corrected chi connectivity index (χ0v) is 8.34. The minimum Gasteiger partial charge on any atom is -0.447 e. The first-order chi connectivity index (χ1) is 7.88. The van der Waals surface area contributed by atoms with E-state index in [0.29, 0.717) is 11.5 Å². The maximum Gasteiger partial charge on any atom is 0.182 e. The minimum atomic E-state index is 0.464. The van der Waals surface area contributed by atoms with Crippen LogP contribution in [0.4, 0.5) is 0 Å². The van der Waals surface area contributed by atoms with Gasteiger partial charge in [-0.05, 0) is 24.1 Å². The van der Waals surface area contributed by atoms with Gasteiger partial charge in [0.2, 0.25) is 0 Å². The fourth-order valence-corrected chi connectivity index (χ4v) is 1.15. The molecule has 0 spiro atoms. The zero-order chi connectivity index (χ0) is 11.2. The quantitative estimate of drug-likeness (QED) is 0.336. The maximum absolute atomic E-state index is 8.31. The summed E-state index contributed by atoms with van der Waals surface area (Å²) in [5, 5.41) is 11.2. The molecule has 0 aliphatic rings. The molecule has 2 aromatic rings. The fourth-order valence-electron chi connectivity index (χ4n) is 1.15. The monoisotopic (exact) mass is 213 g/mol. The second-order valence-electron chi connectivity index (χ2n) is 2.99. The van der Waals surface area contributed by atoms with Crippen LogP contribution < -0.4 is 4.98 Å². The average Bonchev–Trinajstić information content (AvgIpc) is 2.76. The van der Waals surface area contributed by atoms with Gasteiger partial charge in [-0.2, -0.15) is 0 Å². The largest absolute Gasteiger partial charge is 0.447 e. The van der Waals surface area contributed by atoms with Gasteiger partial charge in [-0.1, -0.05) is 11.1 Å². The predicted molar refractivity (Wildman–Crippen MR) is 57.1 cm³/mol. The molecule has 16 heavy (non-hydrogen) atoms. The SMILES string of the molecule is O/N=C\c1ccc(C#Cc2ccc[nH+]c2)o1. The van der Waals surface area contributed by atoms with E-state index in [2.05, 4.69) is 22.0 Å². The number of rotatable bonds is 1. The molecule has 2 heterocycles. The summed E-state index contributed by atoms with van der Waals surface area (Å²) in [5.74, 6) is 6.79. The number of furan rings is 1. The van der Waals surface area contributed by atoms with E-state index < -0.39 is 0 Å². The highest BCUT2D eigenvalue weighted by Crippen LogP contribution is 2.04. The third-order valence-electron chi connectivity index (χ3n) is 1.85. The van der Waals surface area contributed by atoms with Crippen LogP contribution in [0.25, 0.3) is 0 Å². The number of aromatic amines is 1. The molecular formula is C12H9N2O2+. The summed E-state index contributed by atoms with van der Waals surface area (Å²) in [4.78, 5) is 2.94. The van der Waals surface area contributed by atoms with Crippen LogP contribution in [-0.4, -0.2) is 11.4 Å². The van der Waals surface area contributed by atoms with Crippen molar-refractivity contribution >= 4 is 6.21 Å². The normalized spacial score (nSPS) is 10.0. The van der Waals surface area contributed by atoms with Crippen LogP contribution in [0.15, 0.2) is 46.2 Å². The van der Waals surface area contributed by atoms with Gasteiger partial charge >= 0.3 is 0 Å². The van der Waals surface area contributed by atoms with Gasteiger partial charge in [-0.15, -0.1) is 0 Å². The van der Waals surface area contributed by atoms with Crippen LogP contribution in [0, 0.1) is 11.8 Å². The summed E-state index contributed by atoms with van der Waals surface area (Å²) in [6.07, 6.45) is 4.82. The molecule has 0 atom stereocenters. The van der Waals surface area contributed by atoms with Crippen molar-refractivity contribution in [2.75, 3.05) is 0 Å². The van der Waals surface area contributed by atoms with Crippen molar-refractivity contribution in [3.05, 3.63) is 53.7 Å². The highest BCUT2D eigenvalue weighted by Gasteiger charge is 1.96. The molecular weight excluding hydrogens is 204 g/mol. The second-order valence-corrected chi connectivity index (χ2v) is 2.99. The predicted octanol–water partition coefficient (Wildman–Crippen LogP) is 1.30. The topological polar surface area (TPSA) is 59.9 Å². The van der Waals surface area contributed by atoms with Gasteiger partial charge in [0, 0.05) is 6.07 Å².